The average Bonchev–Trinajstić information content (AvgIpc) is 2.61. The van der Waals surface area contributed by atoms with Gasteiger partial charge >= 0.3 is 0 Å². The Bertz CT molecular complexity index is 770. The van der Waals surface area contributed by atoms with Crippen LogP contribution in [-0.2, 0) is 4.79 Å². The summed E-state index contributed by atoms with van der Waals surface area (Å²) in [5.74, 6) is 0.784. The van der Waals surface area contributed by atoms with Gasteiger partial charge in [0.2, 0.25) is 0 Å². The standard InChI is InChI=1S/C18H17ClFNO4/c1-11(24-15-7-6-12(20)8-14(15)19)18(22)21-9-13-10-23-16-4-2-3-5-17(16)25-13/h2-8,11,13H,9-10H2,1H3,(H,21,22). The maximum Gasteiger partial charge on any atom is 0.260 e. The van der Waals surface area contributed by atoms with E-state index in [-0.39, 0.29) is 29.3 Å². The Morgan fingerprint density at radius 2 is 2.12 bits per heavy atom. The number of nitrogens with one attached hydrogen (secondary N) is 1. The number of amides is 1. The number of para-hydroxylation sites is 2. The minimum absolute atomic E-state index is 0.111. The van der Waals surface area contributed by atoms with Crippen LogP contribution in [-0.4, -0.2) is 31.3 Å². The summed E-state index contributed by atoms with van der Waals surface area (Å²) < 4.78 is 29.9. The number of carbonyl (C=O) groups is 1. The number of hydrogen-bond donors (Lipinski definition) is 1. The molecule has 2 aromatic carbocycles. The van der Waals surface area contributed by atoms with Gasteiger partial charge in [-0.3, -0.25) is 4.79 Å². The fraction of sp³-hybridized carbons (Fsp3) is 0.278. The van der Waals surface area contributed by atoms with E-state index in [1.165, 1.54) is 12.1 Å². The average molecular weight is 366 g/mol. The Morgan fingerprint density at radius 3 is 2.88 bits per heavy atom. The normalized spacial score (nSPS) is 16.8. The minimum Gasteiger partial charge on any atom is -0.486 e. The van der Waals surface area contributed by atoms with Crippen molar-refractivity contribution in [2.45, 2.75) is 19.1 Å². The van der Waals surface area contributed by atoms with Crippen LogP contribution >= 0.6 is 11.6 Å². The lowest BCUT2D eigenvalue weighted by Gasteiger charge is -2.27. The molecule has 2 atom stereocenters. The zero-order valence-electron chi connectivity index (χ0n) is 13.5. The molecule has 1 aliphatic heterocycles. The summed E-state index contributed by atoms with van der Waals surface area (Å²) in [7, 11) is 0. The topological polar surface area (TPSA) is 56.8 Å². The summed E-state index contributed by atoms with van der Waals surface area (Å²) in [6, 6.07) is 11.1. The van der Waals surface area contributed by atoms with Crippen LogP contribution in [0.1, 0.15) is 6.92 Å². The summed E-state index contributed by atoms with van der Waals surface area (Å²) >= 11 is 5.89. The molecular formula is C18H17ClFNO4. The molecule has 0 aromatic heterocycles. The summed E-state index contributed by atoms with van der Waals surface area (Å²) in [4.78, 5) is 12.2. The van der Waals surface area contributed by atoms with Gasteiger partial charge in [0.15, 0.2) is 17.6 Å². The highest BCUT2D eigenvalue weighted by Crippen LogP contribution is 2.30. The predicted octanol–water partition coefficient (Wildman–Crippen LogP) is 3.20. The number of fused-ring (bicyclic) bond motifs is 1. The van der Waals surface area contributed by atoms with E-state index in [1.807, 2.05) is 24.3 Å². The summed E-state index contributed by atoms with van der Waals surface area (Å²) in [6.45, 7) is 2.21. The highest BCUT2D eigenvalue weighted by molar-refractivity contribution is 6.32. The highest BCUT2D eigenvalue weighted by Gasteiger charge is 2.23. The molecule has 0 radical (unpaired) electrons. The van der Waals surface area contributed by atoms with Crippen molar-refractivity contribution in [1.82, 2.24) is 5.32 Å². The van der Waals surface area contributed by atoms with Gasteiger partial charge in [-0.05, 0) is 37.3 Å². The molecule has 2 aromatic rings. The van der Waals surface area contributed by atoms with Gasteiger partial charge in [-0.25, -0.2) is 4.39 Å². The first-order chi connectivity index (χ1) is 12.0. The van der Waals surface area contributed by atoms with Gasteiger partial charge in [0.05, 0.1) is 11.6 Å². The molecule has 25 heavy (non-hydrogen) atoms. The number of halogens is 2. The van der Waals surface area contributed by atoms with Crippen LogP contribution in [0, 0.1) is 5.82 Å². The monoisotopic (exact) mass is 365 g/mol. The van der Waals surface area contributed by atoms with Crippen molar-refractivity contribution in [3.05, 3.63) is 53.3 Å². The first-order valence-corrected chi connectivity index (χ1v) is 8.18. The lowest BCUT2D eigenvalue weighted by molar-refractivity contribution is -0.127. The zero-order valence-corrected chi connectivity index (χ0v) is 14.3. The fourth-order valence-electron chi connectivity index (χ4n) is 2.34. The summed E-state index contributed by atoms with van der Waals surface area (Å²) in [6.07, 6.45) is -1.08. The van der Waals surface area contributed by atoms with Gasteiger partial charge < -0.3 is 19.5 Å². The van der Waals surface area contributed by atoms with Crippen LogP contribution in [0.5, 0.6) is 17.2 Å². The molecule has 0 spiro atoms. The van der Waals surface area contributed by atoms with E-state index in [1.54, 1.807) is 6.92 Å². The number of benzene rings is 2. The lowest BCUT2D eigenvalue weighted by atomic mass is 10.2. The van der Waals surface area contributed by atoms with Crippen LogP contribution < -0.4 is 19.5 Å². The van der Waals surface area contributed by atoms with Crippen molar-refractivity contribution in [1.29, 1.82) is 0 Å². The van der Waals surface area contributed by atoms with Gasteiger partial charge in [0.1, 0.15) is 24.3 Å². The maximum atomic E-state index is 13.0. The van der Waals surface area contributed by atoms with E-state index in [4.69, 9.17) is 25.8 Å². The van der Waals surface area contributed by atoms with Gasteiger partial charge in [-0.1, -0.05) is 23.7 Å². The van der Waals surface area contributed by atoms with Gasteiger partial charge in [0, 0.05) is 0 Å². The van der Waals surface area contributed by atoms with Crippen molar-refractivity contribution in [2.24, 2.45) is 0 Å². The first-order valence-electron chi connectivity index (χ1n) is 7.81. The van der Waals surface area contributed by atoms with E-state index >= 15 is 0 Å². The zero-order chi connectivity index (χ0) is 17.8. The number of rotatable bonds is 5. The van der Waals surface area contributed by atoms with E-state index < -0.39 is 11.9 Å². The Morgan fingerprint density at radius 1 is 1.36 bits per heavy atom. The summed E-state index contributed by atoms with van der Waals surface area (Å²) in [5.41, 5.74) is 0. The molecule has 2 unspecified atom stereocenters. The molecule has 7 heteroatoms. The molecule has 3 rings (SSSR count). The lowest BCUT2D eigenvalue weighted by Crippen LogP contribution is -2.44. The first kappa shape index (κ1) is 17.4. The molecule has 0 saturated heterocycles. The fourth-order valence-corrected chi connectivity index (χ4v) is 2.55. The summed E-state index contributed by atoms with van der Waals surface area (Å²) in [5, 5.41) is 2.86. The minimum atomic E-state index is -0.792. The SMILES string of the molecule is CC(Oc1ccc(F)cc1Cl)C(=O)NCC1COc2ccccc2O1. The molecule has 132 valence electrons. The highest BCUT2D eigenvalue weighted by atomic mass is 35.5. The third-order valence-corrected chi connectivity index (χ3v) is 3.93. The van der Waals surface area contributed by atoms with Gasteiger partial charge in [0.25, 0.3) is 5.91 Å². The van der Waals surface area contributed by atoms with Gasteiger partial charge in [-0.15, -0.1) is 0 Å². The second kappa shape index (κ2) is 7.61. The Kier molecular flexibility index (Phi) is 5.28. The molecule has 1 aliphatic rings. The largest absolute Gasteiger partial charge is 0.486 e. The predicted molar refractivity (Wildman–Crippen MR) is 90.9 cm³/mol. The number of ether oxygens (including phenoxy) is 3. The smallest absolute Gasteiger partial charge is 0.260 e. The molecule has 0 aliphatic carbocycles. The second-order valence-corrected chi connectivity index (χ2v) is 5.98. The molecule has 1 N–H and O–H groups in total. The van der Waals surface area contributed by atoms with Crippen LogP contribution in [0.2, 0.25) is 5.02 Å². The van der Waals surface area contributed by atoms with E-state index in [2.05, 4.69) is 5.32 Å². The van der Waals surface area contributed by atoms with E-state index in [0.717, 1.165) is 6.07 Å². The van der Waals surface area contributed by atoms with Crippen LogP contribution in [0.4, 0.5) is 4.39 Å². The number of hydrogen-bond acceptors (Lipinski definition) is 4. The quantitative estimate of drug-likeness (QED) is 0.884. The molecule has 0 saturated carbocycles. The Balaban J connectivity index is 1.51. The van der Waals surface area contributed by atoms with E-state index in [0.29, 0.717) is 18.1 Å². The number of carbonyl (C=O) groups excluding carboxylic acids is 1. The van der Waals surface area contributed by atoms with Crippen LogP contribution in [0.3, 0.4) is 0 Å². The van der Waals surface area contributed by atoms with Crippen LogP contribution in [0.15, 0.2) is 42.5 Å². The third-order valence-electron chi connectivity index (χ3n) is 3.64. The maximum absolute atomic E-state index is 13.0. The van der Waals surface area contributed by atoms with Crippen molar-refractivity contribution in [2.75, 3.05) is 13.2 Å². The molecule has 0 fully saturated rings. The molecule has 0 bridgehead atoms. The Hall–Kier alpha value is -2.47. The molecular weight excluding hydrogens is 349 g/mol. The molecule has 1 amide bonds. The molecule has 1 heterocycles. The van der Waals surface area contributed by atoms with Crippen molar-refractivity contribution >= 4 is 17.5 Å². The van der Waals surface area contributed by atoms with Crippen LogP contribution in [0.25, 0.3) is 0 Å². The van der Waals surface area contributed by atoms with E-state index in [9.17, 15) is 9.18 Å². The van der Waals surface area contributed by atoms with Gasteiger partial charge in [-0.2, -0.15) is 0 Å². The molecule has 5 nitrogen and oxygen atoms in total. The van der Waals surface area contributed by atoms with Crippen molar-refractivity contribution < 1.29 is 23.4 Å². The second-order valence-electron chi connectivity index (χ2n) is 5.58. The third kappa shape index (κ3) is 4.33. The Labute approximate surface area is 149 Å². The van der Waals surface area contributed by atoms with Crippen molar-refractivity contribution in [3.8, 4) is 17.2 Å². The van der Waals surface area contributed by atoms with Crippen molar-refractivity contribution in [3.63, 3.8) is 0 Å².